The zero-order chi connectivity index (χ0) is 13.0. The molecule has 0 N–H and O–H groups in total. The number of benzene rings is 1. The molecule has 0 amide bonds. The third-order valence-electron chi connectivity index (χ3n) is 2.27. The maximum Gasteiger partial charge on any atom is 0.346 e. The van der Waals surface area contributed by atoms with Gasteiger partial charge >= 0.3 is 11.9 Å². The molecule has 0 radical (unpaired) electrons. The minimum atomic E-state index is -0.592. The van der Waals surface area contributed by atoms with E-state index < -0.39 is 11.9 Å². The van der Waals surface area contributed by atoms with Crippen LogP contribution in [0.3, 0.4) is 0 Å². The van der Waals surface area contributed by atoms with Crippen LogP contribution in [0.4, 0.5) is 0 Å². The summed E-state index contributed by atoms with van der Waals surface area (Å²) in [5.74, 6) is -1.41. The van der Waals surface area contributed by atoms with E-state index in [0.717, 1.165) is 5.56 Å². The Balaban J connectivity index is 2.93. The monoisotopic (exact) mass is 298 g/mol. The van der Waals surface area contributed by atoms with Crippen molar-refractivity contribution in [2.45, 2.75) is 25.6 Å². The van der Waals surface area contributed by atoms with Crippen molar-refractivity contribution in [3.8, 4) is 0 Å². The molecular formula is C13H15BrO3. The number of ether oxygens (including phenoxy) is 1. The second kappa shape index (κ2) is 5.96. The SMILES string of the molecule is CC(C)C(=O)OC(=O)c1ccccc1C(C)Br. The smallest absolute Gasteiger partial charge is 0.346 e. The molecule has 0 spiro atoms. The molecule has 92 valence electrons. The molecule has 0 heterocycles. The summed E-state index contributed by atoms with van der Waals surface area (Å²) in [6.07, 6.45) is 0. The first-order valence-corrected chi connectivity index (χ1v) is 6.34. The van der Waals surface area contributed by atoms with Crippen LogP contribution in [0.15, 0.2) is 24.3 Å². The van der Waals surface area contributed by atoms with Gasteiger partial charge in [0.25, 0.3) is 0 Å². The fraction of sp³-hybridized carbons (Fsp3) is 0.385. The van der Waals surface area contributed by atoms with Gasteiger partial charge in [-0.1, -0.05) is 48.0 Å². The highest BCUT2D eigenvalue weighted by Gasteiger charge is 2.19. The molecule has 0 saturated heterocycles. The molecule has 0 aliphatic carbocycles. The van der Waals surface area contributed by atoms with Crippen molar-refractivity contribution >= 4 is 27.9 Å². The van der Waals surface area contributed by atoms with E-state index in [0.29, 0.717) is 5.56 Å². The molecule has 1 aromatic rings. The van der Waals surface area contributed by atoms with E-state index in [1.54, 1.807) is 26.0 Å². The van der Waals surface area contributed by atoms with E-state index in [9.17, 15) is 9.59 Å². The largest absolute Gasteiger partial charge is 0.389 e. The molecule has 0 aliphatic rings. The summed E-state index contributed by atoms with van der Waals surface area (Å²) in [6.45, 7) is 5.29. The highest BCUT2D eigenvalue weighted by molar-refractivity contribution is 9.09. The molecule has 0 saturated carbocycles. The highest BCUT2D eigenvalue weighted by Crippen LogP contribution is 2.25. The molecule has 17 heavy (non-hydrogen) atoms. The Kier molecular flexibility index (Phi) is 4.87. The van der Waals surface area contributed by atoms with Gasteiger partial charge in [-0.15, -0.1) is 0 Å². The molecule has 1 unspecified atom stereocenters. The van der Waals surface area contributed by atoms with Gasteiger partial charge in [0.2, 0.25) is 0 Å². The summed E-state index contributed by atoms with van der Waals surface area (Å²) in [5.41, 5.74) is 1.24. The number of esters is 2. The fourth-order valence-corrected chi connectivity index (χ4v) is 1.69. The Morgan fingerprint density at radius 3 is 2.29 bits per heavy atom. The van der Waals surface area contributed by atoms with Gasteiger partial charge in [0.1, 0.15) is 0 Å². The Bertz CT molecular complexity index is 424. The molecule has 4 heteroatoms. The number of hydrogen-bond acceptors (Lipinski definition) is 3. The van der Waals surface area contributed by atoms with E-state index in [2.05, 4.69) is 15.9 Å². The molecule has 0 aliphatic heterocycles. The standard InChI is InChI=1S/C13H15BrO3/c1-8(2)12(15)17-13(16)11-7-5-4-6-10(11)9(3)14/h4-9H,1-3H3. The van der Waals surface area contributed by atoms with Gasteiger partial charge in [-0.3, -0.25) is 4.79 Å². The van der Waals surface area contributed by atoms with Crippen molar-refractivity contribution in [2.75, 3.05) is 0 Å². The number of rotatable bonds is 3. The van der Waals surface area contributed by atoms with Gasteiger partial charge in [0.15, 0.2) is 0 Å². The zero-order valence-electron chi connectivity index (χ0n) is 10.1. The lowest BCUT2D eigenvalue weighted by Gasteiger charge is -2.11. The number of alkyl halides is 1. The number of carbonyl (C=O) groups excluding carboxylic acids is 2. The maximum absolute atomic E-state index is 11.8. The predicted octanol–water partition coefficient (Wildman–Crippen LogP) is 3.48. The topological polar surface area (TPSA) is 43.4 Å². The van der Waals surface area contributed by atoms with Crippen LogP contribution in [-0.4, -0.2) is 11.9 Å². The number of carbonyl (C=O) groups is 2. The van der Waals surface area contributed by atoms with E-state index in [1.165, 1.54) is 0 Å². The average molecular weight is 299 g/mol. The third-order valence-corrected chi connectivity index (χ3v) is 2.77. The van der Waals surface area contributed by atoms with Crippen LogP contribution in [0.1, 0.15) is 41.5 Å². The van der Waals surface area contributed by atoms with E-state index >= 15 is 0 Å². The molecule has 0 aromatic heterocycles. The molecule has 1 atom stereocenters. The van der Waals surface area contributed by atoms with Crippen LogP contribution in [0, 0.1) is 5.92 Å². The first kappa shape index (κ1) is 13.9. The van der Waals surface area contributed by atoms with Crippen molar-refractivity contribution in [1.29, 1.82) is 0 Å². The van der Waals surface area contributed by atoms with Gasteiger partial charge in [-0.25, -0.2) is 4.79 Å². The second-order valence-corrected chi connectivity index (χ2v) is 5.44. The van der Waals surface area contributed by atoms with E-state index in [4.69, 9.17) is 4.74 Å². The normalized spacial score (nSPS) is 12.3. The first-order valence-electron chi connectivity index (χ1n) is 5.42. The summed E-state index contributed by atoms with van der Waals surface area (Å²) in [5, 5.41) is 0. The van der Waals surface area contributed by atoms with Crippen molar-refractivity contribution in [1.82, 2.24) is 0 Å². The quantitative estimate of drug-likeness (QED) is 0.487. The Morgan fingerprint density at radius 2 is 1.76 bits per heavy atom. The lowest BCUT2D eigenvalue weighted by Crippen LogP contribution is -2.18. The van der Waals surface area contributed by atoms with Crippen LogP contribution >= 0.6 is 15.9 Å². The number of hydrogen-bond donors (Lipinski definition) is 0. The lowest BCUT2D eigenvalue weighted by atomic mass is 10.1. The van der Waals surface area contributed by atoms with Crippen molar-refractivity contribution in [3.05, 3.63) is 35.4 Å². The minimum absolute atomic E-state index is 0.0282. The summed E-state index contributed by atoms with van der Waals surface area (Å²) in [7, 11) is 0. The molecule has 1 rings (SSSR count). The average Bonchev–Trinajstić information content (AvgIpc) is 2.28. The van der Waals surface area contributed by atoms with Crippen LogP contribution in [0.25, 0.3) is 0 Å². The van der Waals surface area contributed by atoms with E-state index in [-0.39, 0.29) is 10.7 Å². The van der Waals surface area contributed by atoms with Crippen LogP contribution < -0.4 is 0 Å². The number of halogens is 1. The second-order valence-electron chi connectivity index (χ2n) is 4.07. The van der Waals surface area contributed by atoms with Gasteiger partial charge in [0, 0.05) is 4.83 Å². The van der Waals surface area contributed by atoms with Gasteiger partial charge < -0.3 is 4.74 Å². The zero-order valence-corrected chi connectivity index (χ0v) is 11.7. The maximum atomic E-state index is 11.8. The van der Waals surface area contributed by atoms with E-state index in [1.807, 2.05) is 19.1 Å². The Hall–Kier alpha value is -1.16. The first-order chi connectivity index (χ1) is 7.93. The molecule has 1 aromatic carbocycles. The van der Waals surface area contributed by atoms with Crippen molar-refractivity contribution in [2.24, 2.45) is 5.92 Å². The predicted molar refractivity (Wildman–Crippen MR) is 69.0 cm³/mol. The van der Waals surface area contributed by atoms with Crippen molar-refractivity contribution < 1.29 is 14.3 Å². The molecule has 3 nitrogen and oxygen atoms in total. The van der Waals surface area contributed by atoms with Crippen LogP contribution in [-0.2, 0) is 9.53 Å². The Morgan fingerprint density at radius 1 is 1.18 bits per heavy atom. The summed E-state index contributed by atoms with van der Waals surface area (Å²) < 4.78 is 4.79. The molecule has 0 fully saturated rings. The highest BCUT2D eigenvalue weighted by atomic mass is 79.9. The van der Waals surface area contributed by atoms with Crippen LogP contribution in [0.5, 0.6) is 0 Å². The van der Waals surface area contributed by atoms with Crippen LogP contribution in [0.2, 0.25) is 0 Å². The van der Waals surface area contributed by atoms with Gasteiger partial charge in [-0.2, -0.15) is 0 Å². The molecule has 0 bridgehead atoms. The third kappa shape index (κ3) is 3.66. The summed E-state index contributed by atoms with van der Waals surface area (Å²) >= 11 is 3.40. The summed E-state index contributed by atoms with van der Waals surface area (Å²) in [6, 6.07) is 7.07. The lowest BCUT2D eigenvalue weighted by molar-refractivity contribution is -0.141. The minimum Gasteiger partial charge on any atom is -0.389 e. The van der Waals surface area contributed by atoms with Gasteiger partial charge in [0.05, 0.1) is 11.5 Å². The van der Waals surface area contributed by atoms with Gasteiger partial charge in [-0.05, 0) is 18.6 Å². The van der Waals surface area contributed by atoms with Crippen molar-refractivity contribution in [3.63, 3.8) is 0 Å². The Labute approximate surface area is 109 Å². The fourth-order valence-electron chi connectivity index (χ4n) is 1.29. The molecular weight excluding hydrogens is 284 g/mol. The summed E-state index contributed by atoms with van der Waals surface area (Å²) in [4.78, 5) is 23.2.